The summed E-state index contributed by atoms with van der Waals surface area (Å²) in [6, 6.07) is 24.8. The first-order valence-electron chi connectivity index (χ1n) is 16.2. The number of halogens is 1. The normalized spacial score (nSPS) is 22.2. The molecule has 0 aromatic heterocycles. The van der Waals surface area contributed by atoms with E-state index in [1.165, 1.54) is 22.1 Å². The molecular formula is C36H40FN5O3. The fourth-order valence-corrected chi connectivity index (χ4v) is 7.69. The van der Waals surface area contributed by atoms with E-state index in [0.717, 1.165) is 57.7 Å². The summed E-state index contributed by atoms with van der Waals surface area (Å²) in [7, 11) is 0. The lowest BCUT2D eigenvalue weighted by molar-refractivity contribution is -0.136. The minimum absolute atomic E-state index is 0.198. The average molecular weight is 610 g/mol. The van der Waals surface area contributed by atoms with Crippen LogP contribution in [0.15, 0.2) is 72.8 Å². The minimum Gasteiger partial charge on any atom is -0.322 e. The maximum Gasteiger partial charge on any atom is 0.255 e. The van der Waals surface area contributed by atoms with E-state index in [9.17, 15) is 14.4 Å². The molecule has 1 N–H and O–H groups in total. The molecule has 3 aromatic rings. The van der Waals surface area contributed by atoms with Crippen molar-refractivity contribution in [1.82, 2.24) is 24.9 Å². The molecule has 1 atom stereocenters. The summed E-state index contributed by atoms with van der Waals surface area (Å²) in [6.45, 7) is 6.68. The van der Waals surface area contributed by atoms with Gasteiger partial charge >= 0.3 is 0 Å². The van der Waals surface area contributed by atoms with Gasteiger partial charge in [-0.3, -0.25) is 34.4 Å². The van der Waals surface area contributed by atoms with Gasteiger partial charge in [-0.2, -0.15) is 0 Å². The highest BCUT2D eigenvalue weighted by Crippen LogP contribution is 2.32. The van der Waals surface area contributed by atoms with Crippen LogP contribution in [0.2, 0.25) is 0 Å². The van der Waals surface area contributed by atoms with Gasteiger partial charge < -0.3 is 4.90 Å². The number of rotatable bonds is 7. The van der Waals surface area contributed by atoms with E-state index in [-0.39, 0.29) is 36.6 Å². The molecule has 3 saturated heterocycles. The molecule has 0 spiro atoms. The standard InChI is InChI=1S/C36H40FN5O3/c37-31-22-30-27(24-42(36(30)45)32-11-12-33(43)38-35(32)44)21-28(31)23-39-15-13-29(14-16-39)40-17-19-41(20-18-40)34(25-7-3-1-4-8-25)26-9-5-2-6-10-26/h1-10,21-22,29,32,34H,11-20,23-24H2,(H,38,43,44). The van der Waals surface area contributed by atoms with Crippen LogP contribution in [-0.4, -0.2) is 88.7 Å². The summed E-state index contributed by atoms with van der Waals surface area (Å²) in [5, 5.41) is 2.32. The van der Waals surface area contributed by atoms with Crippen LogP contribution >= 0.6 is 0 Å². The van der Waals surface area contributed by atoms with Gasteiger partial charge in [-0.05, 0) is 61.2 Å². The molecule has 234 valence electrons. The summed E-state index contributed by atoms with van der Waals surface area (Å²) in [6.07, 6.45) is 2.60. The number of hydrogen-bond donors (Lipinski definition) is 1. The lowest BCUT2D eigenvalue weighted by atomic mass is 9.95. The Bertz CT molecular complexity index is 1510. The SMILES string of the molecule is O=C1CCC(N2Cc3cc(CN4CCC(N5CCN(C(c6ccccc6)c6ccccc6)CC5)CC4)c(F)cc3C2=O)C(=O)N1. The Kier molecular flexibility index (Phi) is 8.49. The lowest BCUT2D eigenvalue weighted by Crippen LogP contribution is -2.53. The third kappa shape index (κ3) is 6.17. The first-order chi connectivity index (χ1) is 21.9. The molecule has 3 amide bonds. The van der Waals surface area contributed by atoms with Gasteiger partial charge in [0.2, 0.25) is 11.8 Å². The molecule has 0 radical (unpaired) electrons. The van der Waals surface area contributed by atoms with Crippen molar-refractivity contribution in [1.29, 1.82) is 0 Å². The molecule has 1 unspecified atom stereocenters. The summed E-state index contributed by atoms with van der Waals surface area (Å²) in [5.74, 6) is -1.49. The number of fused-ring (bicyclic) bond motifs is 1. The van der Waals surface area contributed by atoms with Crippen LogP contribution in [0, 0.1) is 5.82 Å². The average Bonchev–Trinajstić information content (AvgIpc) is 3.37. The third-order valence-electron chi connectivity index (χ3n) is 10.1. The second-order valence-corrected chi connectivity index (χ2v) is 12.8. The zero-order valence-corrected chi connectivity index (χ0v) is 25.5. The molecule has 0 saturated carbocycles. The highest BCUT2D eigenvalue weighted by molar-refractivity contribution is 6.05. The molecule has 4 aliphatic heterocycles. The highest BCUT2D eigenvalue weighted by atomic mass is 19.1. The fraction of sp³-hybridized carbons (Fsp3) is 0.417. The summed E-state index contributed by atoms with van der Waals surface area (Å²) < 4.78 is 15.3. The number of amides is 3. The number of nitrogens with zero attached hydrogens (tertiary/aromatic N) is 4. The fourth-order valence-electron chi connectivity index (χ4n) is 7.69. The van der Waals surface area contributed by atoms with Gasteiger partial charge in [-0.1, -0.05) is 60.7 Å². The Morgan fingerprint density at radius 2 is 1.44 bits per heavy atom. The number of likely N-dealkylation sites (tertiary alicyclic amines) is 1. The first-order valence-corrected chi connectivity index (χ1v) is 16.2. The van der Waals surface area contributed by atoms with Crippen molar-refractivity contribution in [2.24, 2.45) is 0 Å². The Morgan fingerprint density at radius 1 is 0.800 bits per heavy atom. The quantitative estimate of drug-likeness (QED) is 0.409. The van der Waals surface area contributed by atoms with E-state index < -0.39 is 11.9 Å². The predicted molar refractivity (Wildman–Crippen MR) is 169 cm³/mol. The van der Waals surface area contributed by atoms with Crippen LogP contribution in [0.3, 0.4) is 0 Å². The molecule has 4 heterocycles. The van der Waals surface area contributed by atoms with Crippen LogP contribution in [0.4, 0.5) is 4.39 Å². The van der Waals surface area contributed by atoms with Crippen LogP contribution in [0.5, 0.6) is 0 Å². The number of carbonyl (C=O) groups is 3. The molecule has 45 heavy (non-hydrogen) atoms. The maximum absolute atomic E-state index is 15.3. The molecule has 0 aliphatic carbocycles. The number of benzene rings is 3. The first kappa shape index (κ1) is 29.8. The van der Waals surface area contributed by atoms with Crippen molar-refractivity contribution in [3.63, 3.8) is 0 Å². The van der Waals surface area contributed by atoms with Crippen molar-refractivity contribution in [3.05, 3.63) is 106 Å². The van der Waals surface area contributed by atoms with E-state index in [2.05, 4.69) is 80.7 Å². The summed E-state index contributed by atoms with van der Waals surface area (Å²) >= 11 is 0. The zero-order chi connectivity index (χ0) is 30.9. The van der Waals surface area contributed by atoms with Crippen LogP contribution in [-0.2, 0) is 22.7 Å². The van der Waals surface area contributed by atoms with Gasteiger partial charge in [-0.15, -0.1) is 0 Å². The number of piperidine rings is 2. The van der Waals surface area contributed by atoms with Gasteiger partial charge in [0.05, 0.1) is 6.04 Å². The maximum atomic E-state index is 15.3. The minimum atomic E-state index is -0.697. The summed E-state index contributed by atoms with van der Waals surface area (Å²) in [5.41, 5.74) is 4.32. The van der Waals surface area contributed by atoms with E-state index in [0.29, 0.717) is 30.1 Å². The van der Waals surface area contributed by atoms with Crippen molar-refractivity contribution >= 4 is 17.7 Å². The molecule has 7 rings (SSSR count). The van der Waals surface area contributed by atoms with E-state index in [1.807, 2.05) is 0 Å². The largest absolute Gasteiger partial charge is 0.322 e. The molecule has 0 bridgehead atoms. The smallest absolute Gasteiger partial charge is 0.255 e. The van der Waals surface area contributed by atoms with Crippen LogP contribution in [0.1, 0.15) is 64.3 Å². The second-order valence-electron chi connectivity index (χ2n) is 12.8. The third-order valence-corrected chi connectivity index (χ3v) is 10.1. The molecule has 3 fully saturated rings. The molecular weight excluding hydrogens is 569 g/mol. The van der Waals surface area contributed by atoms with Crippen molar-refractivity contribution in [2.45, 2.75) is 56.9 Å². The monoisotopic (exact) mass is 609 g/mol. The number of hydrogen-bond acceptors (Lipinski definition) is 6. The Balaban J connectivity index is 0.938. The number of nitrogens with one attached hydrogen (secondary N) is 1. The van der Waals surface area contributed by atoms with Gasteiger partial charge in [0, 0.05) is 62.9 Å². The summed E-state index contributed by atoms with van der Waals surface area (Å²) in [4.78, 5) is 46.0. The van der Waals surface area contributed by atoms with Gasteiger partial charge in [0.25, 0.3) is 5.91 Å². The van der Waals surface area contributed by atoms with E-state index in [1.54, 1.807) is 6.07 Å². The van der Waals surface area contributed by atoms with Crippen molar-refractivity contribution in [3.8, 4) is 0 Å². The number of imide groups is 1. The number of carbonyl (C=O) groups excluding carboxylic acids is 3. The molecule has 9 heteroatoms. The van der Waals surface area contributed by atoms with Crippen molar-refractivity contribution < 1.29 is 18.8 Å². The van der Waals surface area contributed by atoms with Gasteiger partial charge in [0.1, 0.15) is 11.9 Å². The number of piperazine rings is 1. The predicted octanol–water partition coefficient (Wildman–Crippen LogP) is 3.96. The van der Waals surface area contributed by atoms with Crippen LogP contribution in [0.25, 0.3) is 0 Å². The van der Waals surface area contributed by atoms with Gasteiger partial charge in [0.15, 0.2) is 0 Å². The highest BCUT2D eigenvalue weighted by Gasteiger charge is 2.40. The van der Waals surface area contributed by atoms with E-state index in [4.69, 9.17) is 0 Å². The Labute approximate surface area is 263 Å². The second kappa shape index (κ2) is 12.8. The zero-order valence-electron chi connectivity index (χ0n) is 25.5. The van der Waals surface area contributed by atoms with E-state index >= 15 is 4.39 Å². The molecule has 3 aromatic carbocycles. The lowest BCUT2D eigenvalue weighted by Gasteiger charge is -2.45. The van der Waals surface area contributed by atoms with Gasteiger partial charge in [-0.25, -0.2) is 4.39 Å². The Morgan fingerprint density at radius 3 is 2.07 bits per heavy atom. The molecule has 8 nitrogen and oxygen atoms in total. The van der Waals surface area contributed by atoms with Crippen molar-refractivity contribution in [2.75, 3.05) is 39.3 Å². The topological polar surface area (TPSA) is 76.2 Å². The molecule has 4 aliphatic rings. The van der Waals surface area contributed by atoms with Crippen LogP contribution < -0.4 is 5.32 Å². The Hall–Kier alpha value is -3.92.